The molecule has 1 aromatic heterocycles. The summed E-state index contributed by atoms with van der Waals surface area (Å²) in [5.74, 6) is -0.236. The van der Waals surface area contributed by atoms with E-state index in [-0.39, 0.29) is 17.4 Å². The number of carbonyl (C=O) groups is 2. The molecular weight excluding hydrogens is 318 g/mol. The minimum Gasteiger partial charge on any atom is -0.326 e. The smallest absolute Gasteiger partial charge is 0.257 e. The number of hydrogen-bond donors (Lipinski definition) is 2. The van der Waals surface area contributed by atoms with Gasteiger partial charge in [-0.2, -0.15) is 0 Å². The van der Waals surface area contributed by atoms with E-state index >= 15 is 0 Å². The van der Waals surface area contributed by atoms with Crippen LogP contribution >= 0.6 is 0 Å². The Morgan fingerprint density at radius 2 is 1.92 bits per heavy atom. The van der Waals surface area contributed by atoms with Gasteiger partial charge in [0, 0.05) is 36.1 Å². The van der Waals surface area contributed by atoms with Gasteiger partial charge in [-0.15, -0.1) is 0 Å². The predicted molar refractivity (Wildman–Crippen MR) is 95.0 cm³/mol. The topological polar surface area (TPSA) is 80.2 Å². The molecule has 0 fully saturated rings. The highest BCUT2D eigenvalue weighted by molar-refractivity contribution is 6.05. The zero-order chi connectivity index (χ0) is 17.4. The van der Waals surface area contributed by atoms with Gasteiger partial charge in [0.15, 0.2) is 0 Å². The van der Waals surface area contributed by atoms with E-state index in [9.17, 15) is 14.4 Å². The molecule has 2 aliphatic rings. The van der Waals surface area contributed by atoms with Crippen LogP contribution < -0.4 is 16.2 Å². The number of hydrogen-bond acceptors (Lipinski definition) is 3. The molecule has 0 atom stereocenters. The van der Waals surface area contributed by atoms with Gasteiger partial charge >= 0.3 is 0 Å². The van der Waals surface area contributed by atoms with Crippen LogP contribution in [-0.4, -0.2) is 16.4 Å². The summed E-state index contributed by atoms with van der Waals surface area (Å²) in [5.41, 5.74) is 3.75. The lowest BCUT2D eigenvalue weighted by atomic mass is 10.0. The van der Waals surface area contributed by atoms with Gasteiger partial charge in [0.05, 0.1) is 5.56 Å². The summed E-state index contributed by atoms with van der Waals surface area (Å²) >= 11 is 0. The van der Waals surface area contributed by atoms with E-state index in [2.05, 4.69) is 10.6 Å². The molecule has 128 valence electrons. The van der Waals surface area contributed by atoms with Gasteiger partial charge in [0.1, 0.15) is 0 Å². The first kappa shape index (κ1) is 15.6. The Balaban J connectivity index is 1.62. The number of rotatable bonds is 2. The summed E-state index contributed by atoms with van der Waals surface area (Å²) in [7, 11) is 0. The van der Waals surface area contributed by atoms with Crippen molar-refractivity contribution in [2.45, 2.75) is 38.6 Å². The number of aromatic nitrogens is 1. The molecule has 2 aliphatic heterocycles. The minimum atomic E-state index is -0.229. The van der Waals surface area contributed by atoms with Crippen LogP contribution in [0.25, 0.3) is 0 Å². The first-order chi connectivity index (χ1) is 12.1. The molecule has 1 aromatic carbocycles. The number of pyridine rings is 1. The molecule has 0 radical (unpaired) electrons. The molecule has 6 nitrogen and oxygen atoms in total. The fourth-order valence-electron chi connectivity index (χ4n) is 3.55. The summed E-state index contributed by atoms with van der Waals surface area (Å²) in [6.45, 7) is 0.667. The molecule has 0 saturated carbocycles. The molecule has 4 rings (SSSR count). The molecule has 3 heterocycles. The van der Waals surface area contributed by atoms with E-state index in [0.717, 1.165) is 36.2 Å². The zero-order valence-corrected chi connectivity index (χ0v) is 13.8. The van der Waals surface area contributed by atoms with Crippen molar-refractivity contribution in [3.05, 3.63) is 57.5 Å². The highest BCUT2D eigenvalue weighted by Crippen LogP contribution is 2.26. The Morgan fingerprint density at radius 1 is 1.04 bits per heavy atom. The van der Waals surface area contributed by atoms with Gasteiger partial charge in [0.25, 0.3) is 11.5 Å². The van der Waals surface area contributed by atoms with Crippen molar-refractivity contribution in [2.24, 2.45) is 0 Å². The molecule has 2 amide bonds. The van der Waals surface area contributed by atoms with Gasteiger partial charge in [-0.1, -0.05) is 6.07 Å². The second-order valence-corrected chi connectivity index (χ2v) is 6.51. The third kappa shape index (κ3) is 2.95. The van der Waals surface area contributed by atoms with Crippen molar-refractivity contribution in [1.29, 1.82) is 0 Å². The van der Waals surface area contributed by atoms with E-state index in [1.165, 1.54) is 6.07 Å². The van der Waals surface area contributed by atoms with Crippen molar-refractivity contribution < 1.29 is 9.59 Å². The van der Waals surface area contributed by atoms with Crippen molar-refractivity contribution in [3.8, 4) is 0 Å². The maximum Gasteiger partial charge on any atom is 0.257 e. The average molecular weight is 337 g/mol. The molecule has 0 saturated heterocycles. The number of amides is 2. The number of nitrogens with zero attached hydrogens (tertiary/aromatic N) is 1. The molecule has 0 aliphatic carbocycles. The Hall–Kier alpha value is -2.89. The minimum absolute atomic E-state index is 0.00696. The Labute approximate surface area is 144 Å². The van der Waals surface area contributed by atoms with E-state index in [4.69, 9.17) is 0 Å². The third-order valence-corrected chi connectivity index (χ3v) is 4.85. The fraction of sp³-hybridized carbons (Fsp3) is 0.316. The van der Waals surface area contributed by atoms with Crippen LogP contribution in [-0.2, 0) is 24.2 Å². The maximum atomic E-state index is 12.7. The lowest BCUT2D eigenvalue weighted by Crippen LogP contribution is -2.29. The van der Waals surface area contributed by atoms with Crippen molar-refractivity contribution in [2.75, 3.05) is 10.6 Å². The highest BCUT2D eigenvalue weighted by atomic mass is 16.2. The largest absolute Gasteiger partial charge is 0.326 e. The maximum absolute atomic E-state index is 12.7. The van der Waals surface area contributed by atoms with Gasteiger partial charge in [-0.05, 0) is 49.4 Å². The molecule has 0 unspecified atom stereocenters. The molecule has 2 aromatic rings. The lowest BCUT2D eigenvalue weighted by Gasteiger charge is -2.21. The van der Waals surface area contributed by atoms with Gasteiger partial charge in [-0.25, -0.2) is 0 Å². The summed E-state index contributed by atoms with van der Waals surface area (Å²) in [6, 6.07) is 8.61. The SMILES string of the molecule is O=C1CCc2ccc(NC(=O)c3ccc(=O)n4c3CCCC4)cc2N1. The standard InChI is InChI=1S/C19H19N3O3/c23-17-8-5-12-4-6-13(11-15(12)21-17)20-19(25)14-7-9-18(24)22-10-2-1-3-16(14)22/h4,6-7,9,11H,1-3,5,8,10H2,(H,20,25)(H,21,23). The number of fused-ring (bicyclic) bond motifs is 2. The number of carbonyl (C=O) groups excluding carboxylic acids is 2. The van der Waals surface area contributed by atoms with Crippen LogP contribution in [0.4, 0.5) is 11.4 Å². The quantitative estimate of drug-likeness (QED) is 0.882. The van der Waals surface area contributed by atoms with E-state index < -0.39 is 0 Å². The second-order valence-electron chi connectivity index (χ2n) is 6.51. The summed E-state index contributed by atoms with van der Waals surface area (Å²) < 4.78 is 1.70. The molecule has 25 heavy (non-hydrogen) atoms. The third-order valence-electron chi connectivity index (χ3n) is 4.85. The first-order valence-corrected chi connectivity index (χ1v) is 8.59. The molecular formula is C19H19N3O3. The average Bonchev–Trinajstić information content (AvgIpc) is 2.62. The van der Waals surface area contributed by atoms with Crippen molar-refractivity contribution >= 4 is 23.2 Å². The summed E-state index contributed by atoms with van der Waals surface area (Å²) in [6.07, 6.45) is 3.88. The normalized spacial score (nSPS) is 15.8. The van der Waals surface area contributed by atoms with E-state index in [1.807, 2.05) is 12.1 Å². The number of benzene rings is 1. The van der Waals surface area contributed by atoms with Crippen LogP contribution in [0, 0.1) is 0 Å². The van der Waals surface area contributed by atoms with Crippen LogP contribution in [0.1, 0.15) is 40.9 Å². The van der Waals surface area contributed by atoms with Crippen LogP contribution in [0.5, 0.6) is 0 Å². The van der Waals surface area contributed by atoms with Gasteiger partial charge in [-0.3, -0.25) is 14.4 Å². The predicted octanol–water partition coefficient (Wildman–Crippen LogP) is 2.32. The van der Waals surface area contributed by atoms with E-state index in [1.54, 1.807) is 16.7 Å². The molecule has 0 bridgehead atoms. The Kier molecular flexibility index (Phi) is 3.87. The number of nitrogens with one attached hydrogen (secondary N) is 2. The monoisotopic (exact) mass is 337 g/mol. The summed E-state index contributed by atoms with van der Waals surface area (Å²) in [4.78, 5) is 36.2. The highest BCUT2D eigenvalue weighted by Gasteiger charge is 2.20. The van der Waals surface area contributed by atoms with Gasteiger partial charge < -0.3 is 15.2 Å². The molecule has 0 spiro atoms. The number of anilines is 2. The summed E-state index contributed by atoms with van der Waals surface area (Å²) in [5, 5.41) is 5.72. The zero-order valence-electron chi connectivity index (χ0n) is 13.8. The first-order valence-electron chi connectivity index (χ1n) is 8.59. The van der Waals surface area contributed by atoms with Crippen LogP contribution in [0.15, 0.2) is 35.1 Å². The lowest BCUT2D eigenvalue weighted by molar-refractivity contribution is -0.116. The van der Waals surface area contributed by atoms with Crippen LogP contribution in [0.2, 0.25) is 0 Å². The molecule has 2 N–H and O–H groups in total. The molecule has 6 heteroatoms. The Morgan fingerprint density at radius 3 is 2.80 bits per heavy atom. The fourth-order valence-corrected chi connectivity index (χ4v) is 3.55. The van der Waals surface area contributed by atoms with E-state index in [0.29, 0.717) is 30.6 Å². The number of aryl methyl sites for hydroxylation is 1. The van der Waals surface area contributed by atoms with Crippen molar-refractivity contribution in [1.82, 2.24) is 4.57 Å². The van der Waals surface area contributed by atoms with Gasteiger partial charge in [0.2, 0.25) is 5.91 Å². The van der Waals surface area contributed by atoms with Crippen LogP contribution in [0.3, 0.4) is 0 Å². The van der Waals surface area contributed by atoms with Crippen molar-refractivity contribution in [3.63, 3.8) is 0 Å². The Bertz CT molecular complexity index is 930. The second kappa shape index (κ2) is 6.20.